The summed E-state index contributed by atoms with van der Waals surface area (Å²) in [6.45, 7) is 8.64. The molecule has 0 saturated carbocycles. The highest BCUT2D eigenvalue weighted by Gasteiger charge is 2.15. The first-order valence-corrected chi connectivity index (χ1v) is 12.6. The number of fused-ring (bicyclic) bond motifs is 1. The average molecular weight is 537 g/mol. The molecule has 0 aliphatic carbocycles. The van der Waals surface area contributed by atoms with Gasteiger partial charge in [0.1, 0.15) is 12.4 Å². The van der Waals surface area contributed by atoms with Crippen LogP contribution in [0.5, 0.6) is 5.75 Å². The number of thioether (sulfide) groups is 1. The standard InChI is InChI=1S/C26H25BrN4O2S/c1-4-14-31-24(15-33-23-11-7-9-19-8-5-6-10-20(19)23)29-30-26(31)34-16-25(32)28-22-13-12-21(27)17(2)18(22)3/h4-13H,1,14-16H2,2-3H3,(H,28,32). The average Bonchev–Trinajstić information content (AvgIpc) is 3.23. The Morgan fingerprint density at radius 3 is 2.74 bits per heavy atom. The number of halogens is 1. The van der Waals surface area contributed by atoms with Crippen molar-refractivity contribution in [2.75, 3.05) is 11.1 Å². The zero-order valence-corrected chi connectivity index (χ0v) is 21.4. The highest BCUT2D eigenvalue weighted by molar-refractivity contribution is 9.10. The summed E-state index contributed by atoms with van der Waals surface area (Å²) >= 11 is 4.86. The van der Waals surface area contributed by atoms with Crippen LogP contribution in [-0.2, 0) is 17.9 Å². The number of amides is 1. The van der Waals surface area contributed by atoms with Gasteiger partial charge in [-0.05, 0) is 48.6 Å². The lowest BCUT2D eigenvalue weighted by Gasteiger charge is -2.12. The maximum absolute atomic E-state index is 12.6. The Balaban J connectivity index is 1.43. The van der Waals surface area contributed by atoms with E-state index in [1.54, 1.807) is 6.08 Å². The van der Waals surface area contributed by atoms with Crippen molar-refractivity contribution >= 4 is 50.1 Å². The Morgan fingerprint density at radius 2 is 1.91 bits per heavy atom. The number of carbonyl (C=O) groups is 1. The van der Waals surface area contributed by atoms with Crippen molar-refractivity contribution in [3.05, 3.63) is 88.7 Å². The fourth-order valence-corrected chi connectivity index (χ4v) is 4.74. The van der Waals surface area contributed by atoms with E-state index >= 15 is 0 Å². The van der Waals surface area contributed by atoms with Gasteiger partial charge in [-0.3, -0.25) is 9.36 Å². The van der Waals surface area contributed by atoms with E-state index in [-0.39, 0.29) is 18.3 Å². The summed E-state index contributed by atoms with van der Waals surface area (Å²) in [6.07, 6.45) is 1.78. The van der Waals surface area contributed by atoms with Crippen LogP contribution in [0.3, 0.4) is 0 Å². The molecular formula is C26H25BrN4O2S. The van der Waals surface area contributed by atoms with Gasteiger partial charge in [-0.15, -0.1) is 16.8 Å². The van der Waals surface area contributed by atoms with Gasteiger partial charge < -0.3 is 10.1 Å². The lowest BCUT2D eigenvalue weighted by molar-refractivity contribution is -0.113. The molecule has 1 heterocycles. The second-order valence-corrected chi connectivity index (χ2v) is 9.54. The number of nitrogens with zero attached hydrogens (tertiary/aromatic N) is 3. The first-order chi connectivity index (χ1) is 16.5. The summed E-state index contributed by atoms with van der Waals surface area (Å²) in [5, 5.41) is 14.4. The molecule has 4 aromatic rings. The zero-order valence-electron chi connectivity index (χ0n) is 19.0. The quantitative estimate of drug-likeness (QED) is 0.200. The second kappa shape index (κ2) is 10.9. The van der Waals surface area contributed by atoms with E-state index in [1.807, 2.05) is 60.9 Å². The molecule has 1 aromatic heterocycles. The van der Waals surface area contributed by atoms with Gasteiger partial charge in [0.2, 0.25) is 5.91 Å². The predicted octanol–water partition coefficient (Wildman–Crippen LogP) is 6.31. The van der Waals surface area contributed by atoms with Gasteiger partial charge in [0.15, 0.2) is 11.0 Å². The van der Waals surface area contributed by atoms with E-state index in [0.29, 0.717) is 17.5 Å². The molecule has 6 nitrogen and oxygen atoms in total. The second-order valence-electron chi connectivity index (χ2n) is 7.75. The van der Waals surface area contributed by atoms with Gasteiger partial charge in [0, 0.05) is 22.1 Å². The summed E-state index contributed by atoms with van der Waals surface area (Å²) in [5.41, 5.74) is 2.95. The number of allylic oxidation sites excluding steroid dienone is 1. The number of rotatable bonds is 9. The smallest absolute Gasteiger partial charge is 0.234 e. The molecule has 174 valence electrons. The first-order valence-electron chi connectivity index (χ1n) is 10.8. The maximum atomic E-state index is 12.6. The molecule has 1 N–H and O–H groups in total. The van der Waals surface area contributed by atoms with E-state index in [1.165, 1.54) is 11.8 Å². The largest absolute Gasteiger partial charge is 0.485 e. The minimum absolute atomic E-state index is 0.100. The number of nitrogens with one attached hydrogen (secondary N) is 1. The van der Waals surface area contributed by atoms with E-state index in [9.17, 15) is 4.79 Å². The Hall–Kier alpha value is -3.10. The van der Waals surface area contributed by atoms with Crippen LogP contribution in [0.15, 0.2) is 76.9 Å². The van der Waals surface area contributed by atoms with Crippen LogP contribution in [0.4, 0.5) is 5.69 Å². The number of carbonyl (C=O) groups excluding carboxylic acids is 1. The lowest BCUT2D eigenvalue weighted by atomic mass is 10.1. The van der Waals surface area contributed by atoms with Gasteiger partial charge in [0.25, 0.3) is 0 Å². The molecule has 0 saturated heterocycles. The Labute approximate surface area is 211 Å². The van der Waals surface area contributed by atoms with E-state index in [4.69, 9.17) is 4.74 Å². The fourth-order valence-electron chi connectivity index (χ4n) is 3.55. The van der Waals surface area contributed by atoms with Gasteiger partial charge >= 0.3 is 0 Å². The highest BCUT2D eigenvalue weighted by Crippen LogP contribution is 2.28. The van der Waals surface area contributed by atoms with Crippen molar-refractivity contribution in [3.63, 3.8) is 0 Å². The van der Waals surface area contributed by atoms with Crippen LogP contribution < -0.4 is 10.1 Å². The van der Waals surface area contributed by atoms with E-state index < -0.39 is 0 Å². The maximum Gasteiger partial charge on any atom is 0.234 e. The van der Waals surface area contributed by atoms with Crippen molar-refractivity contribution in [1.29, 1.82) is 0 Å². The molecule has 0 aliphatic rings. The van der Waals surface area contributed by atoms with Gasteiger partial charge in [-0.25, -0.2) is 0 Å². The molecule has 0 bridgehead atoms. The monoisotopic (exact) mass is 536 g/mol. The SMILES string of the molecule is C=CCn1c(COc2cccc3ccccc23)nnc1SCC(=O)Nc1ccc(Br)c(C)c1C. The molecule has 0 atom stereocenters. The van der Waals surface area contributed by atoms with E-state index in [2.05, 4.69) is 50.2 Å². The van der Waals surface area contributed by atoms with E-state index in [0.717, 1.165) is 37.8 Å². The molecule has 0 spiro atoms. The predicted molar refractivity (Wildman–Crippen MR) is 141 cm³/mol. The van der Waals surface area contributed by atoms with Gasteiger partial charge in [0.05, 0.1) is 5.75 Å². The van der Waals surface area contributed by atoms with Crippen LogP contribution in [0.1, 0.15) is 17.0 Å². The topological polar surface area (TPSA) is 69.0 Å². The van der Waals surface area contributed by atoms with Crippen LogP contribution in [0.2, 0.25) is 0 Å². The number of hydrogen-bond acceptors (Lipinski definition) is 5. The minimum Gasteiger partial charge on any atom is -0.485 e. The molecular weight excluding hydrogens is 512 g/mol. The van der Waals surface area contributed by atoms with Crippen molar-refractivity contribution < 1.29 is 9.53 Å². The summed E-state index contributed by atoms with van der Waals surface area (Å²) in [7, 11) is 0. The van der Waals surface area contributed by atoms with Crippen molar-refractivity contribution in [3.8, 4) is 5.75 Å². The molecule has 1 amide bonds. The number of hydrogen-bond donors (Lipinski definition) is 1. The number of benzene rings is 3. The van der Waals surface area contributed by atoms with Crippen LogP contribution in [0.25, 0.3) is 10.8 Å². The van der Waals surface area contributed by atoms with Crippen molar-refractivity contribution in [2.24, 2.45) is 0 Å². The number of anilines is 1. The first kappa shape index (κ1) is 24.0. The highest BCUT2D eigenvalue weighted by atomic mass is 79.9. The summed E-state index contributed by atoms with van der Waals surface area (Å²) in [5.74, 6) is 1.58. The van der Waals surface area contributed by atoms with Crippen molar-refractivity contribution in [1.82, 2.24) is 14.8 Å². The number of ether oxygens (including phenoxy) is 1. The Morgan fingerprint density at radius 1 is 1.12 bits per heavy atom. The Kier molecular flexibility index (Phi) is 7.70. The summed E-state index contributed by atoms with van der Waals surface area (Å²) < 4.78 is 9.04. The summed E-state index contributed by atoms with van der Waals surface area (Å²) in [4.78, 5) is 12.6. The summed E-state index contributed by atoms with van der Waals surface area (Å²) in [6, 6.07) is 17.9. The minimum atomic E-state index is -0.100. The van der Waals surface area contributed by atoms with Crippen molar-refractivity contribution in [2.45, 2.75) is 32.2 Å². The molecule has 0 aliphatic heterocycles. The molecule has 34 heavy (non-hydrogen) atoms. The fraction of sp³-hybridized carbons (Fsp3) is 0.192. The molecule has 3 aromatic carbocycles. The third-order valence-electron chi connectivity index (χ3n) is 5.54. The van der Waals surface area contributed by atoms with Crippen LogP contribution >= 0.6 is 27.7 Å². The van der Waals surface area contributed by atoms with Gasteiger partial charge in [-0.2, -0.15) is 0 Å². The third kappa shape index (κ3) is 5.34. The Bertz CT molecular complexity index is 1350. The molecule has 0 fully saturated rings. The van der Waals surface area contributed by atoms with Gasteiger partial charge in [-0.1, -0.05) is 70.2 Å². The lowest BCUT2D eigenvalue weighted by Crippen LogP contribution is -2.16. The number of aromatic nitrogens is 3. The van der Waals surface area contributed by atoms with Crippen LogP contribution in [0, 0.1) is 13.8 Å². The van der Waals surface area contributed by atoms with Crippen LogP contribution in [-0.4, -0.2) is 26.4 Å². The zero-order chi connectivity index (χ0) is 24.1. The molecule has 0 unspecified atom stereocenters. The normalized spacial score (nSPS) is 10.9. The molecule has 0 radical (unpaired) electrons. The molecule has 8 heteroatoms. The molecule has 4 rings (SSSR count). The third-order valence-corrected chi connectivity index (χ3v) is 7.36.